The second kappa shape index (κ2) is 5.03. The molecule has 0 amide bonds. The van der Waals surface area contributed by atoms with Gasteiger partial charge in [-0.05, 0) is 20.8 Å². The van der Waals surface area contributed by atoms with Crippen LogP contribution in [0.25, 0.3) is 0 Å². The summed E-state index contributed by atoms with van der Waals surface area (Å²) < 4.78 is 7.55. The van der Waals surface area contributed by atoms with Gasteiger partial charge in [0.05, 0.1) is 18.0 Å². The van der Waals surface area contributed by atoms with Gasteiger partial charge in [0, 0.05) is 13.1 Å². The summed E-state index contributed by atoms with van der Waals surface area (Å²) in [6.07, 6.45) is 5.01. The predicted octanol–water partition coefficient (Wildman–Crippen LogP) is 2.40. The Balaban J connectivity index is 2.23. The van der Waals surface area contributed by atoms with Crippen LogP contribution in [0.15, 0.2) is 18.7 Å². The standard InChI is InChI=1S/C12H17N5O/c1-8(2)17-6-10(5-16-17)18-12-9(3)11(13-4)14-7-15-12/h5-8H,1-4H3,(H,13,14,15). The number of ether oxygens (including phenoxy) is 1. The number of nitrogens with zero attached hydrogens (tertiary/aromatic N) is 4. The largest absolute Gasteiger partial charge is 0.435 e. The molecule has 6 heteroatoms. The Hall–Kier alpha value is -2.11. The van der Waals surface area contributed by atoms with E-state index in [9.17, 15) is 0 Å². The van der Waals surface area contributed by atoms with E-state index in [0.29, 0.717) is 17.7 Å². The van der Waals surface area contributed by atoms with E-state index in [2.05, 4.69) is 34.2 Å². The normalized spacial score (nSPS) is 10.7. The van der Waals surface area contributed by atoms with Gasteiger partial charge in [-0.1, -0.05) is 0 Å². The summed E-state index contributed by atoms with van der Waals surface area (Å²) >= 11 is 0. The molecule has 18 heavy (non-hydrogen) atoms. The van der Waals surface area contributed by atoms with Gasteiger partial charge < -0.3 is 10.1 Å². The smallest absolute Gasteiger partial charge is 0.227 e. The van der Waals surface area contributed by atoms with Gasteiger partial charge >= 0.3 is 0 Å². The summed E-state index contributed by atoms with van der Waals surface area (Å²) in [6.45, 7) is 6.03. The van der Waals surface area contributed by atoms with Crippen LogP contribution in [0.1, 0.15) is 25.5 Å². The van der Waals surface area contributed by atoms with Crippen LogP contribution >= 0.6 is 0 Å². The second-order valence-corrected chi connectivity index (χ2v) is 4.25. The molecule has 0 radical (unpaired) electrons. The molecule has 0 fully saturated rings. The highest BCUT2D eigenvalue weighted by Crippen LogP contribution is 2.25. The average Bonchev–Trinajstić information content (AvgIpc) is 2.80. The quantitative estimate of drug-likeness (QED) is 0.898. The molecule has 2 heterocycles. The molecule has 0 saturated carbocycles. The average molecular weight is 247 g/mol. The van der Waals surface area contributed by atoms with E-state index in [4.69, 9.17) is 4.74 Å². The van der Waals surface area contributed by atoms with Gasteiger partial charge in [-0.3, -0.25) is 4.68 Å². The zero-order valence-electron chi connectivity index (χ0n) is 11.0. The summed E-state index contributed by atoms with van der Waals surface area (Å²) in [5, 5.41) is 7.21. The Kier molecular flexibility index (Phi) is 3.45. The molecule has 1 N–H and O–H groups in total. The lowest BCUT2D eigenvalue weighted by molar-refractivity contribution is 0.454. The van der Waals surface area contributed by atoms with Crippen molar-refractivity contribution < 1.29 is 4.74 Å². The van der Waals surface area contributed by atoms with E-state index < -0.39 is 0 Å². The van der Waals surface area contributed by atoms with Gasteiger partial charge in [0.25, 0.3) is 0 Å². The van der Waals surface area contributed by atoms with Crippen LogP contribution in [-0.2, 0) is 0 Å². The molecule has 0 aliphatic heterocycles. The van der Waals surface area contributed by atoms with Crippen molar-refractivity contribution in [1.29, 1.82) is 0 Å². The Morgan fingerprint density at radius 3 is 2.72 bits per heavy atom. The maximum atomic E-state index is 5.71. The molecule has 0 aliphatic carbocycles. The van der Waals surface area contributed by atoms with E-state index in [-0.39, 0.29) is 0 Å². The molecule has 2 aromatic heterocycles. The lowest BCUT2D eigenvalue weighted by atomic mass is 10.3. The molecular formula is C12H17N5O. The molecular weight excluding hydrogens is 230 g/mol. The van der Waals surface area contributed by atoms with Crippen molar-refractivity contribution >= 4 is 5.82 Å². The number of anilines is 1. The van der Waals surface area contributed by atoms with Crippen LogP contribution in [0.2, 0.25) is 0 Å². The molecule has 96 valence electrons. The van der Waals surface area contributed by atoms with Crippen LogP contribution in [0, 0.1) is 6.92 Å². The summed E-state index contributed by atoms with van der Waals surface area (Å²) in [5.74, 6) is 1.97. The van der Waals surface area contributed by atoms with Crippen molar-refractivity contribution in [2.75, 3.05) is 12.4 Å². The van der Waals surface area contributed by atoms with Crippen molar-refractivity contribution in [3.63, 3.8) is 0 Å². The zero-order chi connectivity index (χ0) is 13.1. The van der Waals surface area contributed by atoms with E-state index in [1.165, 1.54) is 6.33 Å². The van der Waals surface area contributed by atoms with Crippen LogP contribution in [0.4, 0.5) is 5.82 Å². The lowest BCUT2D eigenvalue weighted by Crippen LogP contribution is -2.00. The number of nitrogens with one attached hydrogen (secondary N) is 1. The molecule has 0 saturated heterocycles. The molecule has 2 aromatic rings. The summed E-state index contributed by atoms with van der Waals surface area (Å²) in [4.78, 5) is 8.24. The van der Waals surface area contributed by atoms with Gasteiger partial charge in [-0.15, -0.1) is 0 Å². The van der Waals surface area contributed by atoms with E-state index in [1.54, 1.807) is 6.20 Å². The maximum Gasteiger partial charge on any atom is 0.227 e. The fourth-order valence-corrected chi connectivity index (χ4v) is 1.56. The predicted molar refractivity (Wildman–Crippen MR) is 69.0 cm³/mol. The van der Waals surface area contributed by atoms with E-state index in [1.807, 2.05) is 24.9 Å². The number of hydrogen-bond acceptors (Lipinski definition) is 5. The van der Waals surface area contributed by atoms with Gasteiger partial charge in [-0.2, -0.15) is 5.10 Å². The highest BCUT2D eigenvalue weighted by atomic mass is 16.5. The number of hydrogen-bond donors (Lipinski definition) is 1. The van der Waals surface area contributed by atoms with Crippen LogP contribution < -0.4 is 10.1 Å². The summed E-state index contributed by atoms with van der Waals surface area (Å²) in [6, 6.07) is 0.307. The third-order valence-corrected chi connectivity index (χ3v) is 2.60. The fraction of sp³-hybridized carbons (Fsp3) is 0.417. The third-order valence-electron chi connectivity index (χ3n) is 2.60. The molecule has 0 bridgehead atoms. The molecule has 0 aromatic carbocycles. The Labute approximate surface area is 106 Å². The monoisotopic (exact) mass is 247 g/mol. The van der Waals surface area contributed by atoms with Crippen LogP contribution in [0.5, 0.6) is 11.6 Å². The first-order chi connectivity index (χ1) is 8.61. The van der Waals surface area contributed by atoms with Crippen molar-refractivity contribution in [2.45, 2.75) is 26.8 Å². The maximum absolute atomic E-state index is 5.71. The Bertz CT molecular complexity index is 535. The molecule has 0 unspecified atom stereocenters. The van der Waals surface area contributed by atoms with Crippen molar-refractivity contribution in [3.05, 3.63) is 24.3 Å². The van der Waals surface area contributed by atoms with E-state index >= 15 is 0 Å². The first-order valence-corrected chi connectivity index (χ1v) is 5.83. The number of rotatable bonds is 4. The summed E-state index contributed by atoms with van der Waals surface area (Å²) in [5.41, 5.74) is 0.872. The Morgan fingerprint density at radius 2 is 2.11 bits per heavy atom. The first kappa shape index (κ1) is 12.3. The Morgan fingerprint density at radius 1 is 1.33 bits per heavy atom. The minimum absolute atomic E-state index is 0.307. The lowest BCUT2D eigenvalue weighted by Gasteiger charge is -2.08. The van der Waals surface area contributed by atoms with Gasteiger partial charge in [0.2, 0.25) is 5.88 Å². The van der Waals surface area contributed by atoms with Crippen molar-refractivity contribution in [3.8, 4) is 11.6 Å². The number of aromatic nitrogens is 4. The minimum Gasteiger partial charge on any atom is -0.435 e. The minimum atomic E-state index is 0.307. The molecule has 0 aliphatic rings. The van der Waals surface area contributed by atoms with Crippen molar-refractivity contribution in [2.24, 2.45) is 0 Å². The molecule has 6 nitrogen and oxygen atoms in total. The fourth-order valence-electron chi connectivity index (χ4n) is 1.56. The van der Waals surface area contributed by atoms with Gasteiger partial charge in [0.1, 0.15) is 12.1 Å². The molecule has 0 atom stereocenters. The van der Waals surface area contributed by atoms with Crippen LogP contribution in [0.3, 0.4) is 0 Å². The first-order valence-electron chi connectivity index (χ1n) is 5.83. The molecule has 2 rings (SSSR count). The summed E-state index contributed by atoms with van der Waals surface area (Å²) in [7, 11) is 1.82. The topological polar surface area (TPSA) is 64.9 Å². The highest BCUT2D eigenvalue weighted by molar-refractivity contribution is 5.47. The van der Waals surface area contributed by atoms with Gasteiger partial charge in [-0.25, -0.2) is 9.97 Å². The SMILES string of the molecule is CNc1ncnc(Oc2cnn(C(C)C)c2)c1C. The van der Waals surface area contributed by atoms with Crippen LogP contribution in [-0.4, -0.2) is 26.8 Å². The highest BCUT2D eigenvalue weighted by Gasteiger charge is 2.09. The zero-order valence-corrected chi connectivity index (χ0v) is 11.0. The molecule has 0 spiro atoms. The third kappa shape index (κ3) is 2.42. The van der Waals surface area contributed by atoms with E-state index in [0.717, 1.165) is 11.4 Å². The van der Waals surface area contributed by atoms with Crippen molar-refractivity contribution in [1.82, 2.24) is 19.7 Å². The second-order valence-electron chi connectivity index (χ2n) is 4.25. The van der Waals surface area contributed by atoms with Gasteiger partial charge in [0.15, 0.2) is 5.75 Å².